The van der Waals surface area contributed by atoms with Gasteiger partial charge in [-0.25, -0.2) is 10.1 Å². The highest BCUT2D eigenvalue weighted by Gasteiger charge is 2.06. The average Bonchev–Trinajstić information content (AvgIpc) is 2.89. The summed E-state index contributed by atoms with van der Waals surface area (Å²) in [4.78, 5) is 11.4. The highest BCUT2D eigenvalue weighted by atomic mass is 16.3. The van der Waals surface area contributed by atoms with Crippen molar-refractivity contribution < 1.29 is 9.21 Å². The second-order valence-corrected chi connectivity index (χ2v) is 3.44. The van der Waals surface area contributed by atoms with Gasteiger partial charge in [0.15, 0.2) is 0 Å². The first-order valence-corrected chi connectivity index (χ1v) is 5.05. The molecule has 0 aliphatic rings. The molecule has 94 valence electrons. The number of tetrazole rings is 1. The van der Waals surface area contributed by atoms with Crippen LogP contribution in [0.15, 0.2) is 21.7 Å². The Kier molecular flexibility index (Phi) is 3.32. The maximum atomic E-state index is 11.4. The lowest BCUT2D eigenvalue weighted by molar-refractivity contribution is -0.121. The third-order valence-corrected chi connectivity index (χ3v) is 2.00. The monoisotopic (exact) mass is 249 g/mol. The smallest absolute Gasteiger partial charge is 0.261 e. The number of nitrogens with two attached hydrogens (primary N) is 1. The van der Waals surface area contributed by atoms with Gasteiger partial charge in [0.1, 0.15) is 18.1 Å². The number of carbonyl (C=O) groups excluding carboxylic acids is 1. The number of aryl methyl sites for hydroxylation is 1. The van der Waals surface area contributed by atoms with Crippen molar-refractivity contribution in [1.29, 1.82) is 0 Å². The maximum absolute atomic E-state index is 11.4. The number of rotatable bonds is 4. The van der Waals surface area contributed by atoms with E-state index in [0.717, 1.165) is 10.4 Å². The Bertz CT molecular complexity index is 571. The summed E-state index contributed by atoms with van der Waals surface area (Å²) in [6, 6.07) is 3.54. The van der Waals surface area contributed by atoms with Crippen LogP contribution in [0.5, 0.6) is 0 Å². The lowest BCUT2D eigenvalue weighted by Gasteiger charge is -1.99. The van der Waals surface area contributed by atoms with Gasteiger partial charge in [-0.2, -0.15) is 5.10 Å². The van der Waals surface area contributed by atoms with Crippen LogP contribution in [0, 0.1) is 6.92 Å². The van der Waals surface area contributed by atoms with E-state index in [9.17, 15) is 4.79 Å². The van der Waals surface area contributed by atoms with Gasteiger partial charge < -0.3 is 10.2 Å². The highest BCUT2D eigenvalue weighted by molar-refractivity contribution is 5.80. The van der Waals surface area contributed by atoms with E-state index in [1.54, 1.807) is 12.1 Å². The lowest BCUT2D eigenvalue weighted by atomic mass is 10.4. The van der Waals surface area contributed by atoms with Crippen LogP contribution >= 0.6 is 0 Å². The number of carbonyl (C=O) groups is 1. The molecule has 0 unspecified atom stereocenters. The zero-order valence-electron chi connectivity index (χ0n) is 9.57. The number of aromatic nitrogens is 4. The number of nitrogen functional groups attached to an aromatic ring is 1. The van der Waals surface area contributed by atoms with Crippen LogP contribution in [-0.4, -0.2) is 32.3 Å². The van der Waals surface area contributed by atoms with Crippen LogP contribution in [0.25, 0.3) is 0 Å². The quantitative estimate of drug-likeness (QED) is 0.545. The summed E-state index contributed by atoms with van der Waals surface area (Å²) in [6.45, 7) is 1.71. The summed E-state index contributed by atoms with van der Waals surface area (Å²) in [7, 11) is 0. The van der Waals surface area contributed by atoms with Gasteiger partial charge in [0.25, 0.3) is 5.91 Å². The zero-order valence-corrected chi connectivity index (χ0v) is 9.57. The number of hydrogen-bond acceptors (Lipinski definition) is 7. The molecule has 0 fully saturated rings. The molecule has 2 rings (SSSR count). The minimum atomic E-state index is -0.395. The number of hydrogen-bond donors (Lipinski definition) is 2. The first kappa shape index (κ1) is 11.8. The first-order valence-electron chi connectivity index (χ1n) is 5.05. The molecule has 0 saturated heterocycles. The molecule has 2 heterocycles. The molecular weight excluding hydrogens is 238 g/mol. The Balaban J connectivity index is 1.85. The van der Waals surface area contributed by atoms with E-state index in [1.165, 1.54) is 6.21 Å². The summed E-state index contributed by atoms with van der Waals surface area (Å²) in [6.07, 6.45) is 1.40. The molecular formula is C9H11N7O2. The Morgan fingerprint density at radius 1 is 1.67 bits per heavy atom. The lowest BCUT2D eigenvalue weighted by Crippen LogP contribution is -2.24. The van der Waals surface area contributed by atoms with E-state index < -0.39 is 5.91 Å². The predicted octanol–water partition coefficient (Wildman–Crippen LogP) is -0.693. The molecule has 3 N–H and O–H groups in total. The maximum Gasteiger partial charge on any atom is 0.261 e. The van der Waals surface area contributed by atoms with Crippen molar-refractivity contribution in [2.75, 3.05) is 5.73 Å². The third-order valence-electron chi connectivity index (χ3n) is 2.00. The standard InChI is InChI=1S/C9H11N7O2/c1-6-2-3-7(18-6)4-11-12-8(17)5-16-9(10)13-14-15-16/h2-4H,5H2,1H3,(H,12,17)(H2,10,13,15). The number of furan rings is 1. The van der Waals surface area contributed by atoms with Crippen molar-refractivity contribution >= 4 is 18.1 Å². The highest BCUT2D eigenvalue weighted by Crippen LogP contribution is 2.02. The molecule has 0 spiro atoms. The molecule has 9 nitrogen and oxygen atoms in total. The molecule has 0 aliphatic heterocycles. The van der Waals surface area contributed by atoms with Crippen LogP contribution in [-0.2, 0) is 11.3 Å². The number of amides is 1. The summed E-state index contributed by atoms with van der Waals surface area (Å²) in [5, 5.41) is 14.0. The molecule has 9 heteroatoms. The molecule has 2 aromatic heterocycles. The topological polar surface area (TPSA) is 124 Å². The molecule has 0 bridgehead atoms. The van der Waals surface area contributed by atoms with Crippen molar-refractivity contribution in [1.82, 2.24) is 25.6 Å². The van der Waals surface area contributed by atoms with Crippen LogP contribution in [0.1, 0.15) is 11.5 Å². The van der Waals surface area contributed by atoms with Gasteiger partial charge in [-0.05, 0) is 29.5 Å². The predicted molar refractivity (Wildman–Crippen MR) is 61.4 cm³/mol. The number of hydrazone groups is 1. The van der Waals surface area contributed by atoms with E-state index in [0.29, 0.717) is 5.76 Å². The molecule has 1 amide bonds. The zero-order chi connectivity index (χ0) is 13.0. The van der Waals surface area contributed by atoms with Crippen molar-refractivity contribution in [2.45, 2.75) is 13.5 Å². The molecule has 0 atom stereocenters. The minimum Gasteiger partial charge on any atom is -0.460 e. The molecule has 0 aromatic carbocycles. The number of anilines is 1. The molecule has 2 aromatic rings. The van der Waals surface area contributed by atoms with Gasteiger partial charge in [-0.3, -0.25) is 4.79 Å². The van der Waals surface area contributed by atoms with Gasteiger partial charge in [-0.1, -0.05) is 5.10 Å². The second kappa shape index (κ2) is 5.08. The fourth-order valence-electron chi connectivity index (χ4n) is 1.19. The van der Waals surface area contributed by atoms with Crippen LogP contribution in [0.2, 0.25) is 0 Å². The normalized spacial score (nSPS) is 10.9. The van der Waals surface area contributed by atoms with Gasteiger partial charge >= 0.3 is 0 Å². The van der Waals surface area contributed by atoms with E-state index in [1.807, 2.05) is 6.92 Å². The fraction of sp³-hybridized carbons (Fsp3) is 0.222. The Morgan fingerprint density at radius 2 is 2.50 bits per heavy atom. The Hall–Kier alpha value is -2.71. The molecule has 0 saturated carbocycles. The van der Waals surface area contributed by atoms with E-state index in [2.05, 4.69) is 26.1 Å². The summed E-state index contributed by atoms with van der Waals surface area (Å²) in [5.41, 5.74) is 7.71. The fourth-order valence-corrected chi connectivity index (χ4v) is 1.19. The molecule has 0 aliphatic carbocycles. The minimum absolute atomic E-state index is 0.0655. The van der Waals surface area contributed by atoms with Crippen LogP contribution in [0.3, 0.4) is 0 Å². The van der Waals surface area contributed by atoms with Gasteiger partial charge in [-0.15, -0.1) is 0 Å². The van der Waals surface area contributed by atoms with Gasteiger partial charge in [0.05, 0.1) is 6.21 Å². The van der Waals surface area contributed by atoms with Crippen molar-refractivity contribution in [2.24, 2.45) is 5.10 Å². The van der Waals surface area contributed by atoms with Crippen molar-refractivity contribution in [3.63, 3.8) is 0 Å². The average molecular weight is 249 g/mol. The largest absolute Gasteiger partial charge is 0.460 e. The Morgan fingerprint density at radius 3 is 3.11 bits per heavy atom. The Labute approximate surface area is 102 Å². The SMILES string of the molecule is Cc1ccc(C=NNC(=O)Cn2nnnc2N)o1. The van der Waals surface area contributed by atoms with Crippen LogP contribution in [0.4, 0.5) is 5.95 Å². The van der Waals surface area contributed by atoms with Gasteiger partial charge in [0, 0.05) is 0 Å². The van der Waals surface area contributed by atoms with E-state index in [-0.39, 0.29) is 12.5 Å². The number of nitrogens with one attached hydrogen (secondary N) is 1. The van der Waals surface area contributed by atoms with Crippen LogP contribution < -0.4 is 11.2 Å². The van der Waals surface area contributed by atoms with E-state index in [4.69, 9.17) is 10.2 Å². The summed E-state index contributed by atoms with van der Waals surface area (Å²) >= 11 is 0. The first-order chi connectivity index (χ1) is 8.65. The molecule has 0 radical (unpaired) electrons. The summed E-state index contributed by atoms with van der Waals surface area (Å²) in [5.74, 6) is 0.989. The van der Waals surface area contributed by atoms with Crippen molar-refractivity contribution in [3.8, 4) is 0 Å². The third kappa shape index (κ3) is 2.90. The van der Waals surface area contributed by atoms with E-state index >= 15 is 0 Å². The number of nitrogens with zero attached hydrogens (tertiary/aromatic N) is 5. The van der Waals surface area contributed by atoms with Crippen molar-refractivity contribution in [3.05, 3.63) is 23.7 Å². The summed E-state index contributed by atoms with van der Waals surface area (Å²) < 4.78 is 6.39. The second-order valence-electron chi connectivity index (χ2n) is 3.44. The van der Waals surface area contributed by atoms with Gasteiger partial charge in [0.2, 0.25) is 5.95 Å². The molecule has 18 heavy (non-hydrogen) atoms.